The van der Waals surface area contributed by atoms with Crippen molar-refractivity contribution in [3.8, 4) is 0 Å². The quantitative estimate of drug-likeness (QED) is 0.837. The fraction of sp³-hybridized carbons (Fsp3) is 0.667. The Morgan fingerprint density at radius 1 is 1.22 bits per heavy atom. The monoisotopic (exact) mass is 392 g/mol. The smallest absolute Gasteiger partial charge is 0.244 e. The third-order valence-corrected chi connectivity index (χ3v) is 8.88. The number of rotatable bonds is 5. The minimum absolute atomic E-state index is 0.165. The van der Waals surface area contributed by atoms with Gasteiger partial charge in [-0.1, -0.05) is 25.0 Å². The van der Waals surface area contributed by atoms with Gasteiger partial charge in [0.2, 0.25) is 5.91 Å². The van der Waals surface area contributed by atoms with Crippen LogP contribution in [0.3, 0.4) is 0 Å². The number of nitrogens with zero attached hydrogens (tertiary/aromatic N) is 1. The third kappa shape index (κ3) is 3.66. The Bertz CT molecular complexity index is 796. The number of sulfone groups is 1. The number of aryl methyl sites for hydroxylation is 2. The highest BCUT2D eigenvalue weighted by Crippen LogP contribution is 2.43. The highest BCUT2D eigenvalue weighted by atomic mass is 32.2. The van der Waals surface area contributed by atoms with E-state index in [-0.39, 0.29) is 5.91 Å². The Balaban J connectivity index is 1.98. The molecule has 1 aromatic rings. The summed E-state index contributed by atoms with van der Waals surface area (Å²) < 4.78 is 26.2. The molecule has 150 valence electrons. The lowest BCUT2D eigenvalue weighted by Crippen LogP contribution is -2.55. The molecule has 3 rings (SSSR count). The molecule has 1 saturated heterocycles. The number of piperidine rings is 1. The molecular weight excluding hydrogens is 360 g/mol. The first-order valence-corrected chi connectivity index (χ1v) is 11.6. The van der Waals surface area contributed by atoms with E-state index < -0.39 is 14.6 Å². The lowest BCUT2D eigenvalue weighted by atomic mass is 9.95. The Morgan fingerprint density at radius 2 is 1.93 bits per heavy atom. The molecule has 1 aromatic carbocycles. The second-order valence-electron chi connectivity index (χ2n) is 8.29. The summed E-state index contributed by atoms with van der Waals surface area (Å²) in [5.41, 5.74) is 1.64. The molecule has 0 aromatic heterocycles. The molecule has 6 heteroatoms. The lowest BCUT2D eigenvalue weighted by Gasteiger charge is -2.39. The fourth-order valence-electron chi connectivity index (χ4n) is 4.74. The van der Waals surface area contributed by atoms with E-state index in [4.69, 9.17) is 0 Å². The summed E-state index contributed by atoms with van der Waals surface area (Å²) in [7, 11) is -1.82. The minimum Gasteiger partial charge on any atom is -0.341 e. The zero-order valence-corrected chi connectivity index (χ0v) is 17.6. The van der Waals surface area contributed by atoms with Gasteiger partial charge in [0.05, 0.1) is 4.90 Å². The van der Waals surface area contributed by atoms with Gasteiger partial charge < -0.3 is 10.2 Å². The van der Waals surface area contributed by atoms with Gasteiger partial charge in [0.1, 0.15) is 0 Å². The summed E-state index contributed by atoms with van der Waals surface area (Å²) in [6.07, 6.45) is 4.50. The fourth-order valence-corrected chi connectivity index (χ4v) is 7.18. The maximum absolute atomic E-state index is 13.8. The molecule has 27 heavy (non-hydrogen) atoms. The molecular formula is C21H32N2O3S. The maximum atomic E-state index is 13.8. The third-order valence-electron chi connectivity index (χ3n) is 6.25. The molecule has 1 saturated carbocycles. The number of nitrogens with one attached hydrogen (secondary N) is 1. The Morgan fingerprint density at radius 3 is 2.59 bits per heavy atom. The zero-order chi connectivity index (χ0) is 19.7. The molecule has 1 aliphatic heterocycles. The van der Waals surface area contributed by atoms with Crippen LogP contribution in [0.1, 0.15) is 49.7 Å². The molecule has 0 bridgehead atoms. The number of benzene rings is 1. The van der Waals surface area contributed by atoms with Crippen LogP contribution in [0, 0.1) is 19.8 Å². The first kappa shape index (κ1) is 20.3. The van der Waals surface area contributed by atoms with Crippen LogP contribution in [0.2, 0.25) is 0 Å². The molecule has 0 unspecified atom stereocenters. The van der Waals surface area contributed by atoms with Gasteiger partial charge in [-0.15, -0.1) is 0 Å². The SMILES string of the molecule is CNC[C@@H]1CCCN(C(=O)C2(S(=O)(=O)c3cc(C)ccc3C)CCCC2)C1. The first-order chi connectivity index (χ1) is 12.8. The molecule has 5 nitrogen and oxygen atoms in total. The van der Waals surface area contributed by atoms with Crippen molar-refractivity contribution in [1.29, 1.82) is 0 Å². The highest BCUT2D eigenvalue weighted by molar-refractivity contribution is 7.93. The van der Waals surface area contributed by atoms with Crippen LogP contribution in [-0.2, 0) is 14.6 Å². The average Bonchev–Trinajstić information content (AvgIpc) is 3.15. The van der Waals surface area contributed by atoms with Crippen LogP contribution < -0.4 is 5.32 Å². The summed E-state index contributed by atoms with van der Waals surface area (Å²) in [5.74, 6) is 0.233. The number of likely N-dealkylation sites (tertiary alicyclic amines) is 1. The van der Waals surface area contributed by atoms with Crippen molar-refractivity contribution in [1.82, 2.24) is 10.2 Å². The number of carbonyl (C=O) groups is 1. The van der Waals surface area contributed by atoms with Gasteiger partial charge in [-0.05, 0) is 76.2 Å². The van der Waals surface area contributed by atoms with Crippen LogP contribution in [0.15, 0.2) is 23.1 Å². The minimum atomic E-state index is -3.74. The van der Waals surface area contributed by atoms with Gasteiger partial charge in [0.25, 0.3) is 0 Å². The Kier molecular flexibility index (Phi) is 5.96. The van der Waals surface area contributed by atoms with Gasteiger partial charge >= 0.3 is 0 Å². The van der Waals surface area contributed by atoms with Crippen molar-refractivity contribution in [2.45, 2.75) is 62.0 Å². The second kappa shape index (κ2) is 7.92. The topological polar surface area (TPSA) is 66.5 Å². The molecule has 1 heterocycles. The van der Waals surface area contributed by atoms with E-state index in [1.54, 1.807) is 6.07 Å². The standard InChI is InChI=1S/C21H32N2O3S/c1-16-8-9-17(2)19(13-16)27(25,26)21(10-4-5-11-21)20(24)23-12-6-7-18(15-23)14-22-3/h8-9,13,18,22H,4-7,10-12,14-15H2,1-3H3/t18-/m0/s1. The van der Waals surface area contributed by atoms with Gasteiger partial charge in [-0.25, -0.2) is 8.42 Å². The molecule has 2 aliphatic rings. The second-order valence-corrected chi connectivity index (χ2v) is 10.5. The number of amides is 1. The van der Waals surface area contributed by atoms with E-state index in [2.05, 4.69) is 5.32 Å². The maximum Gasteiger partial charge on any atom is 0.244 e. The Hall–Kier alpha value is -1.40. The molecule has 0 spiro atoms. The number of carbonyl (C=O) groups excluding carboxylic acids is 1. The number of hydrogen-bond donors (Lipinski definition) is 1. The van der Waals surface area contributed by atoms with Gasteiger partial charge in [-0.2, -0.15) is 0 Å². The van der Waals surface area contributed by atoms with Gasteiger partial charge in [0.15, 0.2) is 14.6 Å². The molecule has 1 atom stereocenters. The van der Waals surface area contributed by atoms with Crippen LogP contribution in [0.5, 0.6) is 0 Å². The van der Waals surface area contributed by atoms with Crippen molar-refractivity contribution in [2.24, 2.45) is 5.92 Å². The van der Waals surface area contributed by atoms with Crippen molar-refractivity contribution >= 4 is 15.7 Å². The first-order valence-electron chi connectivity index (χ1n) is 10.1. The van der Waals surface area contributed by atoms with E-state index in [1.165, 1.54) is 0 Å². The molecule has 1 amide bonds. The normalized spacial score (nSPS) is 22.8. The lowest BCUT2D eigenvalue weighted by molar-refractivity contribution is -0.135. The van der Waals surface area contributed by atoms with Gasteiger partial charge in [-0.3, -0.25) is 4.79 Å². The summed E-state index contributed by atoms with van der Waals surface area (Å²) in [6.45, 7) is 5.91. The van der Waals surface area contributed by atoms with E-state index in [9.17, 15) is 13.2 Å². The van der Waals surface area contributed by atoms with E-state index in [0.717, 1.165) is 43.4 Å². The molecule has 1 N–H and O–H groups in total. The summed E-state index contributed by atoms with van der Waals surface area (Å²) in [5, 5.41) is 3.19. The van der Waals surface area contributed by atoms with Crippen LogP contribution in [-0.4, -0.2) is 50.7 Å². The predicted molar refractivity (Wildman–Crippen MR) is 108 cm³/mol. The van der Waals surface area contributed by atoms with Crippen molar-refractivity contribution in [2.75, 3.05) is 26.7 Å². The predicted octanol–water partition coefficient (Wildman–Crippen LogP) is 2.85. The van der Waals surface area contributed by atoms with E-state index >= 15 is 0 Å². The largest absolute Gasteiger partial charge is 0.341 e. The average molecular weight is 393 g/mol. The van der Waals surface area contributed by atoms with Crippen molar-refractivity contribution in [3.63, 3.8) is 0 Å². The van der Waals surface area contributed by atoms with Crippen molar-refractivity contribution in [3.05, 3.63) is 29.3 Å². The van der Waals surface area contributed by atoms with Crippen LogP contribution in [0.4, 0.5) is 0 Å². The summed E-state index contributed by atoms with van der Waals surface area (Å²) >= 11 is 0. The van der Waals surface area contributed by atoms with E-state index in [1.807, 2.05) is 37.9 Å². The molecule has 1 aliphatic carbocycles. The van der Waals surface area contributed by atoms with Crippen LogP contribution >= 0.6 is 0 Å². The summed E-state index contributed by atoms with van der Waals surface area (Å²) in [4.78, 5) is 15.8. The number of hydrogen-bond acceptors (Lipinski definition) is 4. The van der Waals surface area contributed by atoms with Gasteiger partial charge in [0, 0.05) is 13.1 Å². The highest BCUT2D eigenvalue weighted by Gasteiger charge is 2.55. The molecule has 2 fully saturated rings. The van der Waals surface area contributed by atoms with Crippen LogP contribution in [0.25, 0.3) is 0 Å². The Labute approximate surface area is 163 Å². The van der Waals surface area contributed by atoms with Crippen molar-refractivity contribution < 1.29 is 13.2 Å². The summed E-state index contributed by atoms with van der Waals surface area (Å²) in [6, 6.07) is 5.50. The molecule has 0 radical (unpaired) electrons. The zero-order valence-electron chi connectivity index (χ0n) is 16.8. The van der Waals surface area contributed by atoms with E-state index in [0.29, 0.717) is 36.7 Å².